The van der Waals surface area contributed by atoms with Crippen molar-refractivity contribution in [3.05, 3.63) is 42.4 Å². The van der Waals surface area contributed by atoms with Crippen molar-refractivity contribution in [1.29, 1.82) is 0 Å². The summed E-state index contributed by atoms with van der Waals surface area (Å²) < 4.78 is 2.07. The molecule has 0 bridgehead atoms. The number of hydrogen-bond donors (Lipinski definition) is 1. The molecule has 0 spiro atoms. The van der Waals surface area contributed by atoms with Gasteiger partial charge in [0.25, 0.3) is 0 Å². The van der Waals surface area contributed by atoms with Gasteiger partial charge in [0.15, 0.2) is 0 Å². The average molecular weight is 214 g/mol. The summed E-state index contributed by atoms with van der Waals surface area (Å²) in [5.74, 6) is 0. The van der Waals surface area contributed by atoms with Gasteiger partial charge in [-0.05, 0) is 12.0 Å². The minimum atomic E-state index is -0.350. The van der Waals surface area contributed by atoms with Gasteiger partial charge in [-0.3, -0.25) is 0 Å². The number of aliphatic hydroxyl groups is 1. The van der Waals surface area contributed by atoms with Crippen LogP contribution in [0.1, 0.15) is 24.9 Å². The number of benzene rings is 1. The van der Waals surface area contributed by atoms with Gasteiger partial charge < -0.3 is 9.67 Å². The Kier molecular flexibility index (Phi) is 2.07. The smallest absolute Gasteiger partial charge is 0.0957 e. The largest absolute Gasteiger partial charge is 0.391 e. The van der Waals surface area contributed by atoms with Crippen LogP contribution in [0.3, 0.4) is 0 Å². The maximum Gasteiger partial charge on any atom is 0.0957 e. The zero-order valence-corrected chi connectivity index (χ0v) is 9.17. The minimum absolute atomic E-state index is 0.0266. The molecule has 0 aliphatic carbocycles. The minimum Gasteiger partial charge on any atom is -0.391 e. The van der Waals surface area contributed by atoms with Crippen LogP contribution in [0.2, 0.25) is 0 Å². The Morgan fingerprint density at radius 1 is 1.44 bits per heavy atom. The van der Waals surface area contributed by atoms with Crippen LogP contribution in [0, 0.1) is 0 Å². The highest BCUT2D eigenvalue weighted by molar-refractivity contribution is 5.69. The van der Waals surface area contributed by atoms with E-state index in [0.717, 1.165) is 12.1 Å². The van der Waals surface area contributed by atoms with E-state index in [9.17, 15) is 5.11 Å². The molecule has 1 aromatic carbocycles. The molecule has 2 unspecified atom stereocenters. The number of imidazole rings is 1. The van der Waals surface area contributed by atoms with Gasteiger partial charge in [-0.2, -0.15) is 0 Å². The Morgan fingerprint density at radius 2 is 2.25 bits per heavy atom. The van der Waals surface area contributed by atoms with Gasteiger partial charge in [0.2, 0.25) is 0 Å². The van der Waals surface area contributed by atoms with Crippen LogP contribution in [0.15, 0.2) is 36.8 Å². The van der Waals surface area contributed by atoms with E-state index in [1.54, 1.807) is 6.33 Å². The Bertz CT molecular complexity index is 518. The van der Waals surface area contributed by atoms with Crippen LogP contribution in [0.4, 0.5) is 0 Å². The molecule has 0 radical (unpaired) electrons. The highest BCUT2D eigenvalue weighted by Gasteiger charge is 2.32. The van der Waals surface area contributed by atoms with E-state index < -0.39 is 0 Å². The SMILES string of the molecule is CCC(O)C1c2ccccc2-c2cncn21. The third-order valence-corrected chi connectivity index (χ3v) is 3.30. The summed E-state index contributed by atoms with van der Waals surface area (Å²) >= 11 is 0. The summed E-state index contributed by atoms with van der Waals surface area (Å²) in [6.07, 6.45) is 4.06. The maximum atomic E-state index is 10.1. The molecule has 1 aliphatic heterocycles. The molecule has 2 aromatic rings. The first-order valence-electron chi connectivity index (χ1n) is 5.62. The van der Waals surface area contributed by atoms with Crippen LogP contribution in [0.25, 0.3) is 11.3 Å². The molecular formula is C13H14N2O. The third kappa shape index (κ3) is 1.15. The Morgan fingerprint density at radius 3 is 3.06 bits per heavy atom. The maximum absolute atomic E-state index is 10.1. The lowest BCUT2D eigenvalue weighted by Gasteiger charge is -2.19. The summed E-state index contributed by atoms with van der Waals surface area (Å²) in [6, 6.07) is 8.25. The average Bonchev–Trinajstić information content (AvgIpc) is 2.87. The molecule has 2 heterocycles. The van der Waals surface area contributed by atoms with Gasteiger partial charge in [0.1, 0.15) is 0 Å². The van der Waals surface area contributed by atoms with Crippen molar-refractivity contribution in [3.63, 3.8) is 0 Å². The molecular weight excluding hydrogens is 200 g/mol. The molecule has 0 saturated heterocycles. The normalized spacial score (nSPS) is 19.2. The zero-order chi connectivity index (χ0) is 11.1. The second-order valence-electron chi connectivity index (χ2n) is 4.19. The molecule has 3 nitrogen and oxygen atoms in total. The van der Waals surface area contributed by atoms with Crippen LogP contribution < -0.4 is 0 Å². The lowest BCUT2D eigenvalue weighted by Crippen LogP contribution is -2.21. The summed E-state index contributed by atoms with van der Waals surface area (Å²) in [7, 11) is 0. The molecule has 3 heteroatoms. The van der Waals surface area contributed by atoms with Crippen molar-refractivity contribution >= 4 is 0 Å². The van der Waals surface area contributed by atoms with E-state index in [1.165, 1.54) is 11.1 Å². The van der Waals surface area contributed by atoms with Crippen molar-refractivity contribution in [2.45, 2.75) is 25.5 Å². The standard InChI is InChI=1S/C13H14N2O/c1-2-12(16)13-10-6-4-3-5-9(10)11-7-14-8-15(11)13/h3-8,12-13,16H,2H2,1H3. The molecule has 16 heavy (non-hydrogen) atoms. The van der Waals surface area contributed by atoms with E-state index in [4.69, 9.17) is 0 Å². The van der Waals surface area contributed by atoms with Gasteiger partial charge in [0.05, 0.1) is 30.4 Å². The van der Waals surface area contributed by atoms with Crippen LogP contribution in [-0.4, -0.2) is 20.8 Å². The summed E-state index contributed by atoms with van der Waals surface area (Å²) in [6.45, 7) is 2.00. The van der Waals surface area contributed by atoms with Crippen LogP contribution >= 0.6 is 0 Å². The zero-order valence-electron chi connectivity index (χ0n) is 9.17. The van der Waals surface area contributed by atoms with Crippen LogP contribution in [0.5, 0.6) is 0 Å². The molecule has 1 aromatic heterocycles. The lowest BCUT2D eigenvalue weighted by molar-refractivity contribution is 0.129. The molecule has 0 saturated carbocycles. The molecule has 3 rings (SSSR count). The molecule has 0 amide bonds. The highest BCUT2D eigenvalue weighted by Crippen LogP contribution is 2.40. The highest BCUT2D eigenvalue weighted by atomic mass is 16.3. The molecule has 1 aliphatic rings. The molecule has 2 atom stereocenters. The monoisotopic (exact) mass is 214 g/mol. The van der Waals surface area contributed by atoms with Crippen molar-refractivity contribution < 1.29 is 5.11 Å². The van der Waals surface area contributed by atoms with Crippen molar-refractivity contribution in [1.82, 2.24) is 9.55 Å². The van der Waals surface area contributed by atoms with Crippen LogP contribution in [-0.2, 0) is 0 Å². The predicted octanol–water partition coefficient (Wildman–Crippen LogP) is 2.22. The van der Waals surface area contributed by atoms with Gasteiger partial charge in [0, 0.05) is 5.56 Å². The fraction of sp³-hybridized carbons (Fsp3) is 0.308. The topological polar surface area (TPSA) is 38.1 Å². The first-order valence-corrected chi connectivity index (χ1v) is 5.62. The van der Waals surface area contributed by atoms with E-state index in [-0.39, 0.29) is 12.1 Å². The van der Waals surface area contributed by atoms with E-state index in [1.807, 2.05) is 25.3 Å². The van der Waals surface area contributed by atoms with E-state index in [0.29, 0.717) is 0 Å². The van der Waals surface area contributed by atoms with E-state index >= 15 is 0 Å². The van der Waals surface area contributed by atoms with Gasteiger partial charge in [-0.25, -0.2) is 4.98 Å². The quantitative estimate of drug-likeness (QED) is 0.832. The Hall–Kier alpha value is -1.61. The lowest BCUT2D eigenvalue weighted by atomic mass is 9.98. The Balaban J connectivity index is 2.21. The first-order chi connectivity index (χ1) is 7.83. The van der Waals surface area contributed by atoms with E-state index in [2.05, 4.69) is 21.7 Å². The van der Waals surface area contributed by atoms with Crippen molar-refractivity contribution in [3.8, 4) is 11.3 Å². The summed E-state index contributed by atoms with van der Waals surface area (Å²) in [5.41, 5.74) is 3.50. The fourth-order valence-corrected chi connectivity index (χ4v) is 2.49. The van der Waals surface area contributed by atoms with Gasteiger partial charge in [-0.15, -0.1) is 0 Å². The van der Waals surface area contributed by atoms with Crippen molar-refractivity contribution in [2.75, 3.05) is 0 Å². The second-order valence-corrected chi connectivity index (χ2v) is 4.19. The van der Waals surface area contributed by atoms with Gasteiger partial charge in [-0.1, -0.05) is 31.2 Å². The number of fused-ring (bicyclic) bond motifs is 3. The number of nitrogens with zero attached hydrogens (tertiary/aromatic N) is 2. The first kappa shape index (κ1) is 9.60. The summed E-state index contributed by atoms with van der Waals surface area (Å²) in [4.78, 5) is 4.16. The van der Waals surface area contributed by atoms with Crippen molar-refractivity contribution in [2.24, 2.45) is 0 Å². The number of aromatic nitrogens is 2. The fourth-order valence-electron chi connectivity index (χ4n) is 2.49. The number of aliphatic hydroxyl groups excluding tert-OH is 1. The molecule has 0 fully saturated rings. The van der Waals surface area contributed by atoms with Gasteiger partial charge >= 0.3 is 0 Å². The Labute approximate surface area is 94.4 Å². The molecule has 1 N–H and O–H groups in total. The number of rotatable bonds is 2. The number of hydrogen-bond acceptors (Lipinski definition) is 2. The predicted molar refractivity (Wildman–Crippen MR) is 62.1 cm³/mol. The molecule has 82 valence electrons. The summed E-state index contributed by atoms with van der Waals surface area (Å²) in [5, 5.41) is 10.1. The second kappa shape index (κ2) is 3.46. The third-order valence-electron chi connectivity index (χ3n) is 3.30.